The summed E-state index contributed by atoms with van der Waals surface area (Å²) < 4.78 is 0.447. The fourth-order valence-electron chi connectivity index (χ4n) is 0.301. The van der Waals surface area contributed by atoms with Crippen molar-refractivity contribution in [2.75, 3.05) is 0 Å². The second-order valence-electron chi connectivity index (χ2n) is 1.14. The molecule has 3 nitrogen and oxygen atoms in total. The molecule has 1 aromatic heterocycles. The maximum atomic E-state index is 10.3. The third-order valence-corrected chi connectivity index (χ3v) is 2.11. The minimum absolute atomic E-state index is 0.0972. The van der Waals surface area contributed by atoms with E-state index in [1.165, 1.54) is 0 Å². The van der Waals surface area contributed by atoms with E-state index in [1.807, 2.05) is 0 Å². The van der Waals surface area contributed by atoms with Gasteiger partial charge in [0.05, 0.1) is 0 Å². The second kappa shape index (κ2) is 1.91. The molecule has 0 saturated carbocycles. The van der Waals surface area contributed by atoms with Crippen LogP contribution in [0.4, 0.5) is 0 Å². The van der Waals surface area contributed by atoms with E-state index in [9.17, 15) is 4.79 Å². The van der Waals surface area contributed by atoms with E-state index in [-0.39, 0.29) is 10.8 Å². The molecule has 0 bridgehead atoms. The normalized spacial score (nSPS) is 9.62. The Balaban J connectivity index is 3.35. The Labute approximate surface area is 57.1 Å². The molecule has 5 heteroatoms. The summed E-state index contributed by atoms with van der Waals surface area (Å²) in [6.07, 6.45) is 0. The zero-order chi connectivity index (χ0) is 6.15. The molecule has 0 aromatic carbocycles. The van der Waals surface area contributed by atoms with E-state index in [4.69, 9.17) is 5.11 Å². The van der Waals surface area contributed by atoms with Gasteiger partial charge in [-0.1, -0.05) is 11.3 Å². The van der Waals surface area contributed by atoms with Crippen molar-refractivity contribution in [2.45, 2.75) is 0 Å². The van der Waals surface area contributed by atoms with Crippen LogP contribution in [0.5, 0.6) is 5.88 Å². The molecule has 0 amide bonds. The Morgan fingerprint density at radius 2 is 2.38 bits per heavy atom. The van der Waals surface area contributed by atoms with Gasteiger partial charge in [-0.25, -0.2) is 0 Å². The first kappa shape index (κ1) is 5.84. The summed E-state index contributed by atoms with van der Waals surface area (Å²) in [6, 6.07) is 0. The molecule has 0 fully saturated rings. The first-order chi connectivity index (χ1) is 3.70. The lowest BCUT2D eigenvalue weighted by molar-refractivity contribution is 0.453. The lowest BCUT2D eigenvalue weighted by Gasteiger charge is -1.76. The average Bonchev–Trinajstić information content (AvgIpc) is 1.85. The molecule has 44 valence electrons. The highest BCUT2D eigenvalue weighted by Crippen LogP contribution is 2.21. The van der Waals surface area contributed by atoms with Gasteiger partial charge in [0.15, 0.2) is 0 Å². The largest absolute Gasteiger partial charge is 0.493 e. The molecular weight excluding hydrogens is 194 g/mol. The molecule has 2 N–H and O–H groups in total. The quantitative estimate of drug-likeness (QED) is 0.647. The van der Waals surface area contributed by atoms with Crippen LogP contribution in [0.2, 0.25) is 0 Å². The Morgan fingerprint density at radius 1 is 1.75 bits per heavy atom. The van der Waals surface area contributed by atoms with Crippen LogP contribution in [0.1, 0.15) is 0 Å². The van der Waals surface area contributed by atoms with Crippen LogP contribution < -0.4 is 4.87 Å². The van der Waals surface area contributed by atoms with Gasteiger partial charge in [-0.05, 0) is 15.9 Å². The minimum atomic E-state index is -0.255. The third kappa shape index (κ3) is 0.924. The van der Waals surface area contributed by atoms with Gasteiger partial charge in [-0.2, -0.15) is 0 Å². The molecule has 0 unspecified atom stereocenters. The number of nitrogens with one attached hydrogen (secondary N) is 1. The van der Waals surface area contributed by atoms with Crippen molar-refractivity contribution in [1.29, 1.82) is 0 Å². The summed E-state index contributed by atoms with van der Waals surface area (Å²) in [5.74, 6) is -0.0972. The number of hydrogen-bond donors (Lipinski definition) is 2. The van der Waals surface area contributed by atoms with Gasteiger partial charge in [-0.3, -0.25) is 9.78 Å². The lowest BCUT2D eigenvalue weighted by Crippen LogP contribution is -1.88. The molecule has 0 aliphatic heterocycles. The number of aromatic nitrogens is 1. The molecule has 0 atom stereocenters. The highest BCUT2D eigenvalue weighted by molar-refractivity contribution is 9.11. The topological polar surface area (TPSA) is 53.1 Å². The zero-order valence-corrected chi connectivity index (χ0v) is 6.04. The lowest BCUT2D eigenvalue weighted by atomic mass is 10.9. The SMILES string of the molecule is O=c1[nH]c(O)c(Br)s1. The van der Waals surface area contributed by atoms with Crippen molar-refractivity contribution >= 4 is 27.3 Å². The first-order valence-corrected chi connectivity index (χ1v) is 3.38. The summed E-state index contributed by atoms with van der Waals surface area (Å²) in [7, 11) is 0. The summed E-state index contributed by atoms with van der Waals surface area (Å²) in [5.41, 5.74) is 0. The number of aromatic hydroxyl groups is 1. The Morgan fingerprint density at radius 3 is 2.50 bits per heavy atom. The maximum Gasteiger partial charge on any atom is 0.308 e. The van der Waals surface area contributed by atoms with E-state index >= 15 is 0 Å². The molecule has 1 aromatic rings. The monoisotopic (exact) mass is 195 g/mol. The molecule has 0 aliphatic rings. The van der Waals surface area contributed by atoms with Gasteiger partial charge in [0, 0.05) is 0 Å². The molecule has 0 spiro atoms. The number of thiazole rings is 1. The zero-order valence-electron chi connectivity index (χ0n) is 3.64. The van der Waals surface area contributed by atoms with E-state index in [0.717, 1.165) is 11.3 Å². The van der Waals surface area contributed by atoms with E-state index in [0.29, 0.717) is 3.79 Å². The van der Waals surface area contributed by atoms with Crippen LogP contribution in [0.3, 0.4) is 0 Å². The first-order valence-electron chi connectivity index (χ1n) is 1.77. The maximum absolute atomic E-state index is 10.3. The standard InChI is InChI=1S/C3H2BrNO2S/c4-1-2(6)5-3(7)8-1/h6H,(H,5,7). The van der Waals surface area contributed by atoms with Crippen LogP contribution in [0.15, 0.2) is 8.58 Å². The summed E-state index contributed by atoms with van der Waals surface area (Å²) in [5, 5.41) is 8.65. The molecule has 0 radical (unpaired) electrons. The average molecular weight is 196 g/mol. The second-order valence-corrected chi connectivity index (χ2v) is 3.44. The number of H-pyrrole nitrogens is 1. The van der Waals surface area contributed by atoms with Crippen molar-refractivity contribution in [3.05, 3.63) is 13.5 Å². The Kier molecular flexibility index (Phi) is 1.39. The fraction of sp³-hybridized carbons (Fsp3) is 0. The van der Waals surface area contributed by atoms with E-state index in [1.54, 1.807) is 0 Å². The van der Waals surface area contributed by atoms with Gasteiger partial charge in [-0.15, -0.1) is 0 Å². The molecule has 1 rings (SSSR count). The van der Waals surface area contributed by atoms with Crippen molar-refractivity contribution in [3.8, 4) is 5.88 Å². The molecular formula is C3H2BrNO2S. The van der Waals surface area contributed by atoms with Crippen molar-refractivity contribution in [3.63, 3.8) is 0 Å². The third-order valence-electron chi connectivity index (χ3n) is 0.589. The van der Waals surface area contributed by atoms with Crippen molar-refractivity contribution in [1.82, 2.24) is 4.98 Å². The van der Waals surface area contributed by atoms with E-state index in [2.05, 4.69) is 20.9 Å². The summed E-state index contributed by atoms with van der Waals surface area (Å²) in [4.78, 5) is 12.2. The van der Waals surface area contributed by atoms with Crippen LogP contribution in [-0.2, 0) is 0 Å². The van der Waals surface area contributed by atoms with Crippen LogP contribution in [-0.4, -0.2) is 10.1 Å². The summed E-state index contributed by atoms with van der Waals surface area (Å²) in [6.45, 7) is 0. The Hall–Kier alpha value is -0.290. The molecule has 0 aliphatic carbocycles. The summed E-state index contributed by atoms with van der Waals surface area (Å²) >= 11 is 3.88. The van der Waals surface area contributed by atoms with Crippen molar-refractivity contribution < 1.29 is 5.11 Å². The highest BCUT2D eigenvalue weighted by Gasteiger charge is 1.99. The van der Waals surface area contributed by atoms with Gasteiger partial charge in [0.25, 0.3) is 0 Å². The molecule has 0 saturated heterocycles. The predicted molar refractivity (Wildman–Crippen MR) is 34.3 cm³/mol. The fourth-order valence-corrected chi connectivity index (χ4v) is 1.30. The van der Waals surface area contributed by atoms with Crippen LogP contribution >= 0.6 is 27.3 Å². The number of rotatable bonds is 0. The van der Waals surface area contributed by atoms with Crippen molar-refractivity contribution in [2.24, 2.45) is 0 Å². The van der Waals surface area contributed by atoms with Gasteiger partial charge >= 0.3 is 4.87 Å². The number of halogens is 1. The predicted octanol–water partition coefficient (Wildman–Crippen LogP) is 0.904. The number of hydrogen-bond acceptors (Lipinski definition) is 3. The van der Waals surface area contributed by atoms with Crippen LogP contribution in [0.25, 0.3) is 0 Å². The molecule has 1 heterocycles. The minimum Gasteiger partial charge on any atom is -0.493 e. The van der Waals surface area contributed by atoms with Gasteiger partial charge in [0.2, 0.25) is 5.88 Å². The van der Waals surface area contributed by atoms with Gasteiger partial charge in [0.1, 0.15) is 3.79 Å². The number of aromatic amines is 1. The molecule has 8 heavy (non-hydrogen) atoms. The van der Waals surface area contributed by atoms with E-state index < -0.39 is 0 Å². The smallest absolute Gasteiger partial charge is 0.308 e. The van der Waals surface area contributed by atoms with Crippen LogP contribution in [0, 0.1) is 0 Å². The Bertz CT molecular complexity index is 217. The highest BCUT2D eigenvalue weighted by atomic mass is 79.9. The van der Waals surface area contributed by atoms with Gasteiger partial charge < -0.3 is 5.11 Å².